The predicted molar refractivity (Wildman–Crippen MR) is 124 cm³/mol. The van der Waals surface area contributed by atoms with Gasteiger partial charge in [-0.1, -0.05) is 81.4 Å². The monoisotopic (exact) mass is 393 g/mol. The Kier molecular flexibility index (Phi) is 6.56. The lowest BCUT2D eigenvalue weighted by Gasteiger charge is -2.45. The fourth-order valence-corrected chi connectivity index (χ4v) is 9.34. The summed E-state index contributed by atoms with van der Waals surface area (Å²) in [4.78, 5) is 4.91. The van der Waals surface area contributed by atoms with Gasteiger partial charge in [-0.3, -0.25) is 4.99 Å². The molecule has 2 nitrogen and oxygen atoms in total. The highest BCUT2D eigenvalue weighted by Crippen LogP contribution is 2.38. The molecule has 1 aliphatic rings. The average molecular weight is 394 g/mol. The zero-order valence-electron chi connectivity index (χ0n) is 18.1. The Labute approximate surface area is 172 Å². The Hall–Kier alpha value is -1.71. The molecule has 0 fully saturated rings. The van der Waals surface area contributed by atoms with E-state index in [-0.39, 0.29) is 11.1 Å². The summed E-state index contributed by atoms with van der Waals surface area (Å²) in [6.07, 6.45) is 4.77. The normalized spacial score (nSPS) is 19.2. The standard InChI is InChI=1S/C25H35NOSi/c1-20-13-12-14-22(26-20)19-21(2)27-28(25(3,4)5,23-15-8-6-9-16-23)24-17-10-7-11-18-24/h6-11,15-18,21-22H,12-14,19H2,1-5H3/t21-,22-/m1/s1. The summed E-state index contributed by atoms with van der Waals surface area (Å²) in [6, 6.07) is 22.2. The van der Waals surface area contributed by atoms with E-state index in [1.165, 1.54) is 28.9 Å². The molecule has 0 N–H and O–H groups in total. The molecule has 0 amide bonds. The van der Waals surface area contributed by atoms with Crippen LogP contribution in [0.2, 0.25) is 5.04 Å². The van der Waals surface area contributed by atoms with Crippen LogP contribution < -0.4 is 10.4 Å². The lowest BCUT2D eigenvalue weighted by molar-refractivity contribution is 0.184. The van der Waals surface area contributed by atoms with Gasteiger partial charge >= 0.3 is 0 Å². The topological polar surface area (TPSA) is 21.6 Å². The average Bonchev–Trinajstić information content (AvgIpc) is 2.66. The summed E-state index contributed by atoms with van der Waals surface area (Å²) in [5, 5.41) is 2.73. The minimum Gasteiger partial charge on any atom is -0.405 e. The zero-order chi connectivity index (χ0) is 20.2. The van der Waals surface area contributed by atoms with Crippen LogP contribution in [0.3, 0.4) is 0 Å². The van der Waals surface area contributed by atoms with Crippen LogP contribution in [0.1, 0.15) is 60.3 Å². The van der Waals surface area contributed by atoms with E-state index in [0.29, 0.717) is 6.04 Å². The van der Waals surface area contributed by atoms with Crippen LogP contribution in [0.25, 0.3) is 0 Å². The Bertz CT molecular complexity index is 740. The Morgan fingerprint density at radius 2 is 1.54 bits per heavy atom. The molecule has 1 heterocycles. The van der Waals surface area contributed by atoms with Gasteiger partial charge in [0.2, 0.25) is 0 Å². The second-order valence-corrected chi connectivity index (χ2v) is 13.5. The van der Waals surface area contributed by atoms with E-state index in [1.54, 1.807) is 0 Å². The van der Waals surface area contributed by atoms with Gasteiger partial charge in [-0.05, 0) is 54.9 Å². The van der Waals surface area contributed by atoms with Crippen molar-refractivity contribution in [2.75, 3.05) is 0 Å². The van der Waals surface area contributed by atoms with Gasteiger partial charge in [0, 0.05) is 11.8 Å². The minimum atomic E-state index is -2.46. The maximum absolute atomic E-state index is 7.18. The van der Waals surface area contributed by atoms with Crippen molar-refractivity contribution in [1.82, 2.24) is 0 Å². The Morgan fingerprint density at radius 3 is 2.00 bits per heavy atom. The third kappa shape index (κ3) is 4.47. The molecule has 0 radical (unpaired) electrons. The van der Waals surface area contributed by atoms with Gasteiger partial charge in [0.25, 0.3) is 8.32 Å². The summed E-state index contributed by atoms with van der Waals surface area (Å²) in [5.41, 5.74) is 1.30. The summed E-state index contributed by atoms with van der Waals surface area (Å²) in [6.45, 7) is 11.4. The molecule has 0 saturated heterocycles. The van der Waals surface area contributed by atoms with Gasteiger partial charge in [0.1, 0.15) is 0 Å². The number of benzene rings is 2. The largest absolute Gasteiger partial charge is 0.405 e. The van der Waals surface area contributed by atoms with Crippen LogP contribution in [0, 0.1) is 0 Å². The summed E-state index contributed by atoms with van der Waals surface area (Å²) >= 11 is 0. The second-order valence-electron chi connectivity index (χ2n) is 9.24. The number of rotatable bonds is 6. The molecule has 0 spiro atoms. The third-order valence-electron chi connectivity index (χ3n) is 5.88. The van der Waals surface area contributed by atoms with E-state index in [4.69, 9.17) is 9.42 Å². The molecular formula is C25H35NOSi. The van der Waals surface area contributed by atoms with E-state index in [0.717, 1.165) is 12.8 Å². The molecule has 1 aliphatic heterocycles. The van der Waals surface area contributed by atoms with Crippen LogP contribution >= 0.6 is 0 Å². The van der Waals surface area contributed by atoms with Crippen molar-refractivity contribution < 1.29 is 4.43 Å². The highest BCUT2D eigenvalue weighted by atomic mass is 28.4. The van der Waals surface area contributed by atoms with E-state index in [1.807, 2.05) is 0 Å². The van der Waals surface area contributed by atoms with E-state index < -0.39 is 8.32 Å². The van der Waals surface area contributed by atoms with Crippen molar-refractivity contribution >= 4 is 24.4 Å². The molecule has 2 aromatic rings. The van der Waals surface area contributed by atoms with Crippen LogP contribution in [0.5, 0.6) is 0 Å². The van der Waals surface area contributed by atoms with E-state index in [2.05, 4.69) is 95.3 Å². The molecule has 0 unspecified atom stereocenters. The van der Waals surface area contributed by atoms with Gasteiger partial charge in [-0.15, -0.1) is 0 Å². The van der Waals surface area contributed by atoms with E-state index in [9.17, 15) is 0 Å². The van der Waals surface area contributed by atoms with Crippen LogP contribution in [-0.4, -0.2) is 26.2 Å². The van der Waals surface area contributed by atoms with Crippen molar-refractivity contribution in [2.24, 2.45) is 4.99 Å². The van der Waals surface area contributed by atoms with Gasteiger partial charge in [-0.2, -0.15) is 0 Å². The first-order chi connectivity index (χ1) is 13.3. The van der Waals surface area contributed by atoms with Crippen molar-refractivity contribution in [2.45, 2.75) is 77.5 Å². The van der Waals surface area contributed by atoms with Gasteiger partial charge in [0.15, 0.2) is 0 Å². The van der Waals surface area contributed by atoms with Crippen molar-refractivity contribution in [1.29, 1.82) is 0 Å². The molecule has 3 rings (SSSR count). The maximum atomic E-state index is 7.18. The number of hydrogen-bond acceptors (Lipinski definition) is 2. The first-order valence-electron chi connectivity index (χ1n) is 10.6. The first-order valence-corrected chi connectivity index (χ1v) is 12.6. The van der Waals surface area contributed by atoms with Gasteiger partial charge < -0.3 is 4.43 Å². The molecule has 28 heavy (non-hydrogen) atoms. The van der Waals surface area contributed by atoms with Crippen LogP contribution in [-0.2, 0) is 4.43 Å². The predicted octanol–water partition coefficient (Wildman–Crippen LogP) is 5.36. The number of hydrogen-bond donors (Lipinski definition) is 0. The molecule has 0 aromatic heterocycles. The van der Waals surface area contributed by atoms with Gasteiger partial charge in [-0.25, -0.2) is 0 Å². The summed E-state index contributed by atoms with van der Waals surface area (Å²) in [7, 11) is -2.46. The molecule has 0 bridgehead atoms. The van der Waals surface area contributed by atoms with Crippen LogP contribution in [0.4, 0.5) is 0 Å². The summed E-state index contributed by atoms with van der Waals surface area (Å²) < 4.78 is 7.18. The highest BCUT2D eigenvalue weighted by molar-refractivity contribution is 6.99. The van der Waals surface area contributed by atoms with Gasteiger partial charge in [0.05, 0.1) is 6.04 Å². The molecular weight excluding hydrogens is 358 g/mol. The molecule has 2 atom stereocenters. The molecule has 150 valence electrons. The second kappa shape index (κ2) is 8.75. The van der Waals surface area contributed by atoms with Crippen LogP contribution in [0.15, 0.2) is 65.7 Å². The molecule has 0 saturated carbocycles. The third-order valence-corrected chi connectivity index (χ3v) is 11.0. The minimum absolute atomic E-state index is 0.0235. The van der Waals surface area contributed by atoms with Crippen molar-refractivity contribution in [3.05, 3.63) is 60.7 Å². The lowest BCUT2D eigenvalue weighted by Crippen LogP contribution is -2.67. The highest BCUT2D eigenvalue weighted by Gasteiger charge is 2.51. The van der Waals surface area contributed by atoms with E-state index >= 15 is 0 Å². The Balaban J connectivity index is 2.00. The molecule has 2 aromatic carbocycles. The Morgan fingerprint density at radius 1 is 1.00 bits per heavy atom. The summed E-state index contributed by atoms with van der Waals surface area (Å²) in [5.74, 6) is 0. The zero-order valence-corrected chi connectivity index (χ0v) is 19.1. The molecule has 0 aliphatic carbocycles. The number of aliphatic imine (C=N–C) groups is 1. The fourth-order valence-electron chi connectivity index (χ4n) is 4.63. The number of nitrogens with zero attached hydrogens (tertiary/aromatic N) is 1. The fraction of sp³-hybridized carbons (Fsp3) is 0.480. The molecule has 3 heteroatoms. The van der Waals surface area contributed by atoms with Crippen molar-refractivity contribution in [3.63, 3.8) is 0 Å². The lowest BCUT2D eigenvalue weighted by atomic mass is 9.99. The maximum Gasteiger partial charge on any atom is 0.261 e. The van der Waals surface area contributed by atoms with Crippen molar-refractivity contribution in [3.8, 4) is 0 Å². The SMILES string of the molecule is CC1=N[C@@H](C[C@@H](C)O[Si](c2ccccc2)(c2ccccc2)C(C)(C)C)CCC1. The first kappa shape index (κ1) is 21.0. The smallest absolute Gasteiger partial charge is 0.261 e. The quantitative estimate of drug-likeness (QED) is 0.606.